The van der Waals surface area contributed by atoms with Crippen molar-refractivity contribution in [3.05, 3.63) is 48.0 Å². The molecule has 0 radical (unpaired) electrons. The minimum absolute atomic E-state index is 0.128. The van der Waals surface area contributed by atoms with Crippen molar-refractivity contribution in [2.45, 2.75) is 38.5 Å². The number of hydrogen-bond acceptors (Lipinski definition) is 8. The number of hydrogen-bond donors (Lipinski definition) is 2. The number of benzene rings is 2. The number of carbonyl (C=O) groups excluding carboxylic acids is 1. The molecule has 3 atom stereocenters. The van der Waals surface area contributed by atoms with E-state index in [1.165, 1.54) is 10.7 Å². The summed E-state index contributed by atoms with van der Waals surface area (Å²) in [7, 11) is 1.72. The van der Waals surface area contributed by atoms with Crippen LogP contribution in [-0.2, 0) is 11.8 Å². The van der Waals surface area contributed by atoms with E-state index in [0.717, 1.165) is 30.6 Å². The van der Waals surface area contributed by atoms with Crippen LogP contribution in [0.25, 0.3) is 21.8 Å². The number of piperazine rings is 1. The van der Waals surface area contributed by atoms with Gasteiger partial charge in [0.2, 0.25) is 0 Å². The number of ether oxygens (including phenoxy) is 2. The van der Waals surface area contributed by atoms with E-state index in [0.29, 0.717) is 47.5 Å². The van der Waals surface area contributed by atoms with E-state index in [1.54, 1.807) is 31.6 Å². The number of aromatic nitrogens is 4. The third kappa shape index (κ3) is 4.74. The fourth-order valence-electron chi connectivity index (χ4n) is 5.37. The summed E-state index contributed by atoms with van der Waals surface area (Å²) >= 11 is 0. The molecule has 2 aliphatic heterocycles. The van der Waals surface area contributed by atoms with Crippen molar-refractivity contribution >= 4 is 39.1 Å². The van der Waals surface area contributed by atoms with Crippen molar-refractivity contribution in [3.8, 4) is 6.01 Å². The fraction of sp³-hybridized carbons (Fsp3) is 0.407. The molecule has 198 valence electrons. The van der Waals surface area contributed by atoms with E-state index in [4.69, 9.17) is 9.47 Å². The Balaban J connectivity index is 1.38. The first-order valence-corrected chi connectivity index (χ1v) is 12.8. The number of rotatable bonds is 5. The Bertz CT molecular complexity index is 1510. The normalized spacial score (nSPS) is 21.8. The maximum atomic E-state index is 14.6. The largest absolute Gasteiger partial charge is 0.458 e. The zero-order chi connectivity index (χ0) is 26.4. The van der Waals surface area contributed by atoms with Crippen molar-refractivity contribution in [1.82, 2.24) is 25.1 Å². The van der Waals surface area contributed by atoms with Crippen molar-refractivity contribution < 1.29 is 18.7 Å². The summed E-state index contributed by atoms with van der Waals surface area (Å²) in [6.07, 6.45) is 4.06. The minimum Gasteiger partial charge on any atom is -0.458 e. The summed E-state index contributed by atoms with van der Waals surface area (Å²) in [4.78, 5) is 25.0. The standard InChI is InChI=1S/C27H30FN7O3/c1-15-11-35(12-16(2)30-15)23-5-4-20(25-21(23)10-29-27(32-25)38-19-6-7-37-14-19)26(36)31-18-8-17-13-34(3)33-24(17)22(28)9-18/h4-5,8-10,13,15-16,19,30H,6-7,11-12,14H2,1-3H3,(H,31,36)/t15-,16+,19?. The van der Waals surface area contributed by atoms with Gasteiger partial charge in [0.25, 0.3) is 5.91 Å². The van der Waals surface area contributed by atoms with Gasteiger partial charge in [-0.05, 0) is 38.1 Å². The van der Waals surface area contributed by atoms with Crippen LogP contribution in [0.15, 0.2) is 36.7 Å². The molecular formula is C27H30FN7O3. The summed E-state index contributed by atoms with van der Waals surface area (Å²) < 4.78 is 27.6. The Morgan fingerprint density at radius 1 is 1.21 bits per heavy atom. The van der Waals surface area contributed by atoms with Crippen molar-refractivity contribution in [2.75, 3.05) is 36.5 Å². The van der Waals surface area contributed by atoms with Gasteiger partial charge in [0.05, 0.1) is 24.3 Å². The Hall–Kier alpha value is -3.83. The number of fused-ring (bicyclic) bond motifs is 2. The van der Waals surface area contributed by atoms with Crippen LogP contribution in [0.4, 0.5) is 15.8 Å². The van der Waals surface area contributed by atoms with Crippen LogP contribution in [0.1, 0.15) is 30.6 Å². The van der Waals surface area contributed by atoms with Gasteiger partial charge >= 0.3 is 6.01 Å². The molecule has 1 amide bonds. The summed E-state index contributed by atoms with van der Waals surface area (Å²) in [5, 5.41) is 11.9. The second-order valence-electron chi connectivity index (χ2n) is 10.2. The van der Waals surface area contributed by atoms with Crippen molar-refractivity contribution in [1.29, 1.82) is 0 Å². The fourth-order valence-corrected chi connectivity index (χ4v) is 5.37. The molecule has 0 bridgehead atoms. The number of aryl methyl sites for hydroxylation is 1. The first-order chi connectivity index (χ1) is 18.3. The molecule has 4 aromatic rings. The van der Waals surface area contributed by atoms with E-state index >= 15 is 0 Å². The van der Waals surface area contributed by atoms with Gasteiger partial charge < -0.3 is 25.0 Å². The third-order valence-electron chi connectivity index (χ3n) is 6.94. The molecule has 6 rings (SSSR count). The SMILES string of the molecule is C[C@@H]1CN(c2ccc(C(=O)Nc3cc(F)c4nn(C)cc4c3)c3nc(OC4CCOC4)ncc23)C[C@H](C)N1. The maximum absolute atomic E-state index is 14.6. The number of carbonyl (C=O) groups is 1. The summed E-state index contributed by atoms with van der Waals surface area (Å²) in [5.74, 6) is -0.905. The third-order valence-corrected chi connectivity index (χ3v) is 6.94. The molecule has 0 saturated carbocycles. The zero-order valence-corrected chi connectivity index (χ0v) is 21.6. The predicted octanol–water partition coefficient (Wildman–Crippen LogP) is 3.26. The van der Waals surface area contributed by atoms with Gasteiger partial charge in [-0.3, -0.25) is 9.48 Å². The molecule has 0 spiro atoms. The van der Waals surface area contributed by atoms with Crippen LogP contribution in [0, 0.1) is 5.82 Å². The van der Waals surface area contributed by atoms with Gasteiger partial charge in [0.15, 0.2) is 5.82 Å². The Morgan fingerprint density at radius 2 is 2.03 bits per heavy atom. The second kappa shape index (κ2) is 9.80. The van der Waals surface area contributed by atoms with Crippen LogP contribution in [-0.4, -0.2) is 70.1 Å². The molecule has 4 heterocycles. The minimum atomic E-state index is -0.502. The topological polar surface area (TPSA) is 106 Å². The van der Waals surface area contributed by atoms with Gasteiger partial charge in [-0.25, -0.2) is 9.37 Å². The van der Waals surface area contributed by atoms with Crippen molar-refractivity contribution in [3.63, 3.8) is 0 Å². The smallest absolute Gasteiger partial charge is 0.317 e. The molecule has 2 aromatic carbocycles. The lowest BCUT2D eigenvalue weighted by atomic mass is 10.0. The summed E-state index contributed by atoms with van der Waals surface area (Å²) in [6, 6.07) is 7.48. The van der Waals surface area contributed by atoms with Crippen LogP contribution >= 0.6 is 0 Å². The number of nitrogens with one attached hydrogen (secondary N) is 2. The number of nitrogens with zero attached hydrogens (tertiary/aromatic N) is 5. The average Bonchev–Trinajstić information content (AvgIpc) is 3.51. The van der Waals surface area contributed by atoms with Gasteiger partial charge in [-0.15, -0.1) is 0 Å². The summed E-state index contributed by atoms with van der Waals surface area (Å²) in [6.45, 7) is 7.04. The Kier molecular flexibility index (Phi) is 6.32. The van der Waals surface area contributed by atoms with Crippen LogP contribution < -0.4 is 20.3 Å². The first kappa shape index (κ1) is 24.5. The highest BCUT2D eigenvalue weighted by molar-refractivity contribution is 6.14. The maximum Gasteiger partial charge on any atom is 0.317 e. The number of anilines is 2. The lowest BCUT2D eigenvalue weighted by Crippen LogP contribution is -2.54. The van der Waals surface area contributed by atoms with E-state index in [9.17, 15) is 9.18 Å². The molecule has 2 N–H and O–H groups in total. The highest BCUT2D eigenvalue weighted by atomic mass is 19.1. The highest BCUT2D eigenvalue weighted by Gasteiger charge is 2.26. The van der Waals surface area contributed by atoms with E-state index in [-0.39, 0.29) is 17.6 Å². The molecule has 0 aliphatic carbocycles. The van der Waals surface area contributed by atoms with Gasteiger partial charge in [-0.1, -0.05) is 0 Å². The van der Waals surface area contributed by atoms with Gasteiger partial charge in [-0.2, -0.15) is 10.1 Å². The van der Waals surface area contributed by atoms with E-state index in [2.05, 4.69) is 44.4 Å². The molecule has 10 nitrogen and oxygen atoms in total. The number of halogens is 1. The Labute approximate surface area is 219 Å². The van der Waals surface area contributed by atoms with E-state index in [1.807, 2.05) is 6.07 Å². The monoisotopic (exact) mass is 519 g/mol. The molecule has 2 aliphatic rings. The average molecular weight is 520 g/mol. The Morgan fingerprint density at radius 3 is 2.79 bits per heavy atom. The molecular weight excluding hydrogens is 489 g/mol. The first-order valence-electron chi connectivity index (χ1n) is 12.8. The molecule has 38 heavy (non-hydrogen) atoms. The molecule has 1 unspecified atom stereocenters. The van der Waals surface area contributed by atoms with E-state index < -0.39 is 11.7 Å². The second-order valence-corrected chi connectivity index (χ2v) is 10.2. The molecule has 2 fully saturated rings. The molecule has 2 saturated heterocycles. The van der Waals surface area contributed by atoms with Crippen LogP contribution in [0.3, 0.4) is 0 Å². The quantitative estimate of drug-likeness (QED) is 0.414. The summed E-state index contributed by atoms with van der Waals surface area (Å²) in [5.41, 5.74) is 2.37. The highest BCUT2D eigenvalue weighted by Crippen LogP contribution is 2.32. The van der Waals surface area contributed by atoms with Crippen molar-refractivity contribution in [2.24, 2.45) is 7.05 Å². The predicted molar refractivity (Wildman–Crippen MR) is 142 cm³/mol. The molecule has 2 aromatic heterocycles. The molecule has 11 heteroatoms. The lowest BCUT2D eigenvalue weighted by molar-refractivity contribution is 0.102. The van der Waals surface area contributed by atoms with Crippen LogP contribution in [0.2, 0.25) is 0 Å². The van der Waals surface area contributed by atoms with Crippen LogP contribution in [0.5, 0.6) is 6.01 Å². The number of amides is 1. The van der Waals surface area contributed by atoms with Gasteiger partial charge in [0, 0.05) is 73.2 Å². The zero-order valence-electron chi connectivity index (χ0n) is 21.6. The lowest BCUT2D eigenvalue weighted by Gasteiger charge is -2.38. The van der Waals surface area contributed by atoms with Gasteiger partial charge in [0.1, 0.15) is 11.6 Å².